The van der Waals surface area contributed by atoms with Crippen LogP contribution in [0.1, 0.15) is 18.9 Å². The largest absolute Gasteiger partial charge is 0.493 e. The minimum absolute atomic E-state index is 0.00903. The predicted octanol–water partition coefficient (Wildman–Crippen LogP) is 2.67. The number of halogens is 1. The molecule has 0 aliphatic rings. The molecule has 2 N–H and O–H groups in total. The molecule has 1 aromatic heterocycles. The Kier molecular flexibility index (Phi) is 5.99. The second-order valence-corrected chi connectivity index (χ2v) is 4.90. The van der Waals surface area contributed by atoms with E-state index in [2.05, 4.69) is 20.7 Å². The van der Waals surface area contributed by atoms with Crippen LogP contribution >= 0.6 is 11.6 Å². The summed E-state index contributed by atoms with van der Waals surface area (Å²) in [6, 6.07) is 5.49. The average Bonchev–Trinajstić information content (AvgIpc) is 2.57. The Morgan fingerprint density at radius 3 is 3.04 bits per heavy atom. The SMILES string of the molecule is CCCOc1c(/C=N\Nc2cn[nH]c(=O)c2Cl)cccc1OC. The summed E-state index contributed by atoms with van der Waals surface area (Å²) in [4.78, 5) is 11.4. The zero-order valence-electron chi connectivity index (χ0n) is 12.8. The van der Waals surface area contributed by atoms with Crippen LogP contribution in [0.15, 0.2) is 34.3 Å². The second kappa shape index (κ2) is 8.19. The lowest BCUT2D eigenvalue weighted by Gasteiger charge is -2.12. The summed E-state index contributed by atoms with van der Waals surface area (Å²) in [7, 11) is 1.58. The van der Waals surface area contributed by atoms with Crippen molar-refractivity contribution in [1.29, 1.82) is 0 Å². The molecule has 0 spiro atoms. The lowest BCUT2D eigenvalue weighted by atomic mass is 10.2. The van der Waals surface area contributed by atoms with Crippen molar-refractivity contribution in [2.45, 2.75) is 13.3 Å². The van der Waals surface area contributed by atoms with E-state index in [4.69, 9.17) is 21.1 Å². The second-order valence-electron chi connectivity index (χ2n) is 4.52. The average molecular weight is 337 g/mol. The number of aromatic amines is 1. The third-order valence-corrected chi connectivity index (χ3v) is 3.24. The first-order valence-corrected chi connectivity index (χ1v) is 7.37. The summed E-state index contributed by atoms with van der Waals surface area (Å²) in [5, 5.41) is 9.94. The van der Waals surface area contributed by atoms with Gasteiger partial charge in [-0.2, -0.15) is 10.2 Å². The molecule has 0 atom stereocenters. The molecule has 0 unspecified atom stereocenters. The summed E-state index contributed by atoms with van der Waals surface area (Å²) in [6.45, 7) is 2.59. The van der Waals surface area contributed by atoms with Gasteiger partial charge < -0.3 is 9.47 Å². The number of rotatable bonds is 7. The lowest BCUT2D eigenvalue weighted by molar-refractivity contribution is 0.294. The molecule has 0 fully saturated rings. The Hall–Kier alpha value is -2.54. The molecule has 0 aliphatic heterocycles. The molecule has 23 heavy (non-hydrogen) atoms. The zero-order valence-corrected chi connectivity index (χ0v) is 13.6. The smallest absolute Gasteiger partial charge is 0.285 e. The van der Waals surface area contributed by atoms with Gasteiger partial charge in [-0.3, -0.25) is 10.2 Å². The topological polar surface area (TPSA) is 88.6 Å². The highest BCUT2D eigenvalue weighted by Gasteiger charge is 2.09. The number of H-pyrrole nitrogens is 1. The van der Waals surface area contributed by atoms with Gasteiger partial charge in [-0.05, 0) is 18.6 Å². The van der Waals surface area contributed by atoms with Crippen molar-refractivity contribution in [3.63, 3.8) is 0 Å². The van der Waals surface area contributed by atoms with Gasteiger partial charge in [0, 0.05) is 5.56 Å². The minimum atomic E-state index is -0.486. The molecule has 2 aromatic rings. The summed E-state index contributed by atoms with van der Waals surface area (Å²) in [5.74, 6) is 1.23. The van der Waals surface area contributed by atoms with Crippen LogP contribution in [0.5, 0.6) is 11.5 Å². The molecular weight excluding hydrogens is 320 g/mol. The molecule has 0 aliphatic carbocycles. The predicted molar refractivity (Wildman–Crippen MR) is 89.9 cm³/mol. The number of nitrogens with zero attached hydrogens (tertiary/aromatic N) is 2. The molecule has 8 heteroatoms. The Balaban J connectivity index is 2.21. The number of aromatic nitrogens is 2. The number of benzene rings is 1. The fourth-order valence-electron chi connectivity index (χ4n) is 1.79. The van der Waals surface area contributed by atoms with E-state index in [1.165, 1.54) is 6.20 Å². The molecular formula is C15H17ClN4O3. The van der Waals surface area contributed by atoms with Crippen molar-refractivity contribution in [2.24, 2.45) is 5.10 Å². The van der Waals surface area contributed by atoms with Crippen molar-refractivity contribution < 1.29 is 9.47 Å². The van der Waals surface area contributed by atoms with Crippen LogP contribution in [0.3, 0.4) is 0 Å². The van der Waals surface area contributed by atoms with Gasteiger partial charge >= 0.3 is 0 Å². The van der Waals surface area contributed by atoms with Gasteiger partial charge in [0.05, 0.1) is 26.1 Å². The monoisotopic (exact) mass is 336 g/mol. The van der Waals surface area contributed by atoms with Crippen LogP contribution in [-0.2, 0) is 0 Å². The highest BCUT2D eigenvalue weighted by Crippen LogP contribution is 2.30. The molecule has 0 amide bonds. The van der Waals surface area contributed by atoms with Gasteiger partial charge in [0.25, 0.3) is 5.56 Å². The van der Waals surface area contributed by atoms with Crippen LogP contribution < -0.4 is 20.5 Å². The molecule has 1 heterocycles. The Labute approximate surface area is 138 Å². The third kappa shape index (κ3) is 4.23. The first-order chi connectivity index (χ1) is 11.2. The highest BCUT2D eigenvalue weighted by molar-refractivity contribution is 6.32. The van der Waals surface area contributed by atoms with Crippen LogP contribution in [0, 0.1) is 0 Å². The normalized spacial score (nSPS) is 10.7. The highest BCUT2D eigenvalue weighted by atomic mass is 35.5. The number of methoxy groups -OCH3 is 1. The van der Waals surface area contributed by atoms with Crippen molar-refractivity contribution in [3.8, 4) is 11.5 Å². The molecule has 0 radical (unpaired) electrons. The van der Waals surface area contributed by atoms with Gasteiger partial charge in [0.15, 0.2) is 11.5 Å². The van der Waals surface area contributed by atoms with Crippen molar-refractivity contribution in [3.05, 3.63) is 45.3 Å². The maximum Gasteiger partial charge on any atom is 0.285 e. The summed E-state index contributed by atoms with van der Waals surface area (Å²) in [6.07, 6.45) is 3.81. The number of hydrogen-bond donors (Lipinski definition) is 2. The van der Waals surface area contributed by atoms with Crippen molar-refractivity contribution >= 4 is 23.5 Å². The Morgan fingerprint density at radius 2 is 2.30 bits per heavy atom. The molecule has 0 saturated carbocycles. The maximum absolute atomic E-state index is 11.4. The third-order valence-electron chi connectivity index (χ3n) is 2.86. The van der Waals surface area contributed by atoms with Gasteiger partial charge in [-0.1, -0.05) is 24.6 Å². The summed E-state index contributed by atoms with van der Waals surface area (Å²) < 4.78 is 11.0. The van der Waals surface area contributed by atoms with E-state index in [9.17, 15) is 4.79 Å². The van der Waals surface area contributed by atoms with E-state index in [1.807, 2.05) is 25.1 Å². The van der Waals surface area contributed by atoms with Crippen LogP contribution in [0.2, 0.25) is 5.02 Å². The lowest BCUT2D eigenvalue weighted by Crippen LogP contribution is -2.10. The number of nitrogens with one attached hydrogen (secondary N) is 2. The van der Waals surface area contributed by atoms with Crippen molar-refractivity contribution in [2.75, 3.05) is 19.1 Å². The quantitative estimate of drug-likeness (QED) is 0.599. The molecule has 0 saturated heterocycles. The van der Waals surface area contributed by atoms with Gasteiger partial charge in [0.1, 0.15) is 10.7 Å². The fourth-order valence-corrected chi connectivity index (χ4v) is 1.92. The van der Waals surface area contributed by atoms with Crippen LogP contribution in [0.4, 0.5) is 5.69 Å². The molecule has 7 nitrogen and oxygen atoms in total. The number of para-hydroxylation sites is 1. The summed E-state index contributed by atoms with van der Waals surface area (Å²) >= 11 is 5.86. The molecule has 2 rings (SSSR count). The zero-order chi connectivity index (χ0) is 16.7. The van der Waals surface area contributed by atoms with Crippen molar-refractivity contribution in [1.82, 2.24) is 10.2 Å². The maximum atomic E-state index is 11.4. The van der Waals surface area contributed by atoms with Crippen LogP contribution in [0.25, 0.3) is 0 Å². The van der Waals surface area contributed by atoms with Gasteiger partial charge in [0.2, 0.25) is 0 Å². The molecule has 1 aromatic carbocycles. The first kappa shape index (κ1) is 16.8. The molecule has 0 bridgehead atoms. The number of ether oxygens (including phenoxy) is 2. The van der Waals surface area contributed by atoms with E-state index >= 15 is 0 Å². The van der Waals surface area contributed by atoms with E-state index in [0.717, 1.165) is 12.0 Å². The van der Waals surface area contributed by atoms with Gasteiger partial charge in [-0.15, -0.1) is 0 Å². The van der Waals surface area contributed by atoms with E-state index in [-0.39, 0.29) is 5.02 Å². The number of anilines is 1. The molecule has 122 valence electrons. The van der Waals surface area contributed by atoms with E-state index < -0.39 is 5.56 Å². The number of hydrazone groups is 1. The van der Waals surface area contributed by atoms with E-state index in [1.54, 1.807) is 13.3 Å². The minimum Gasteiger partial charge on any atom is -0.493 e. The Bertz CT molecular complexity index is 746. The standard InChI is InChI=1S/C15H17ClN4O3/c1-3-7-23-14-10(5-4-6-12(14)22-2)8-17-19-11-9-18-20-15(21)13(11)16/h4-6,8-9H,3,7H2,1-2H3,(H2,19,20,21)/b17-8-. The first-order valence-electron chi connectivity index (χ1n) is 6.99. The van der Waals surface area contributed by atoms with Crippen LogP contribution in [-0.4, -0.2) is 30.1 Å². The fraction of sp³-hybridized carbons (Fsp3) is 0.267. The van der Waals surface area contributed by atoms with Gasteiger partial charge in [-0.25, -0.2) is 5.10 Å². The Morgan fingerprint density at radius 1 is 1.48 bits per heavy atom. The van der Waals surface area contributed by atoms with E-state index in [0.29, 0.717) is 23.8 Å². The summed E-state index contributed by atoms with van der Waals surface area (Å²) in [5.41, 5.74) is 3.24. The number of hydrogen-bond acceptors (Lipinski definition) is 6.